The quantitative estimate of drug-likeness (QED) is 0.409. The summed E-state index contributed by atoms with van der Waals surface area (Å²) in [5, 5.41) is 19.7. The molecule has 0 aliphatic carbocycles. The molecule has 0 atom stereocenters. The molecule has 0 radical (unpaired) electrons. The fraction of sp³-hybridized carbons (Fsp3) is 0.333. The zero-order valence-electron chi connectivity index (χ0n) is 12.2. The number of nitrogens with one attached hydrogen (secondary N) is 1. The molecule has 0 saturated heterocycles. The van der Waals surface area contributed by atoms with Crippen LogP contribution in [0.5, 0.6) is 5.75 Å². The molecular formula is C15H18N2O5. The molecule has 0 aliphatic heterocycles. The molecule has 2 aromatic rings. The Kier molecular flexibility index (Phi) is 5.13. The van der Waals surface area contributed by atoms with Gasteiger partial charge in [-0.05, 0) is 24.1 Å². The maximum Gasteiger partial charge on any atom is 0.311 e. The lowest BCUT2D eigenvalue weighted by Crippen LogP contribution is -2.16. The number of aromatic amines is 1. The van der Waals surface area contributed by atoms with E-state index in [2.05, 4.69) is 4.98 Å². The maximum absolute atomic E-state index is 11.7. The van der Waals surface area contributed by atoms with E-state index in [-0.39, 0.29) is 12.8 Å². The number of hydroxylamine groups is 2. The summed E-state index contributed by atoms with van der Waals surface area (Å²) in [6.45, 7) is 0.439. The summed E-state index contributed by atoms with van der Waals surface area (Å²) in [6.07, 6.45) is 1.95. The van der Waals surface area contributed by atoms with Crippen LogP contribution < -0.4 is 4.74 Å². The fourth-order valence-electron chi connectivity index (χ4n) is 2.17. The lowest BCUT2D eigenvalue weighted by atomic mass is 10.1. The van der Waals surface area contributed by atoms with Crippen LogP contribution >= 0.6 is 0 Å². The van der Waals surface area contributed by atoms with Crippen molar-refractivity contribution in [2.24, 2.45) is 0 Å². The molecule has 0 amide bonds. The number of rotatable bonds is 7. The Morgan fingerprint density at radius 2 is 2.09 bits per heavy atom. The van der Waals surface area contributed by atoms with Crippen LogP contribution in [0, 0.1) is 0 Å². The number of benzene rings is 1. The summed E-state index contributed by atoms with van der Waals surface area (Å²) in [5.41, 5.74) is 1.73. The highest BCUT2D eigenvalue weighted by Crippen LogP contribution is 2.29. The zero-order valence-corrected chi connectivity index (χ0v) is 12.2. The molecule has 22 heavy (non-hydrogen) atoms. The molecule has 0 aliphatic rings. The monoisotopic (exact) mass is 306 g/mol. The summed E-state index contributed by atoms with van der Waals surface area (Å²) in [5.74, 6) is -1.23. The van der Waals surface area contributed by atoms with Gasteiger partial charge in [-0.15, -0.1) is 0 Å². The third kappa shape index (κ3) is 4.06. The van der Waals surface area contributed by atoms with Gasteiger partial charge >= 0.3 is 11.9 Å². The van der Waals surface area contributed by atoms with E-state index in [1.165, 1.54) is 0 Å². The van der Waals surface area contributed by atoms with Crippen molar-refractivity contribution in [2.75, 3.05) is 13.6 Å². The molecule has 118 valence electrons. The Morgan fingerprint density at radius 3 is 2.77 bits per heavy atom. The first-order chi connectivity index (χ1) is 10.5. The van der Waals surface area contributed by atoms with Gasteiger partial charge in [0.1, 0.15) is 5.75 Å². The van der Waals surface area contributed by atoms with Crippen molar-refractivity contribution >= 4 is 22.8 Å². The van der Waals surface area contributed by atoms with Gasteiger partial charge in [0.15, 0.2) is 0 Å². The van der Waals surface area contributed by atoms with Gasteiger partial charge in [0.2, 0.25) is 0 Å². The van der Waals surface area contributed by atoms with Crippen LogP contribution in [0.1, 0.15) is 18.4 Å². The number of aromatic nitrogens is 1. The molecule has 7 nitrogen and oxygen atoms in total. The summed E-state index contributed by atoms with van der Waals surface area (Å²) in [6, 6.07) is 5.28. The van der Waals surface area contributed by atoms with E-state index in [1.807, 2.05) is 12.3 Å². The minimum atomic E-state index is -1.04. The van der Waals surface area contributed by atoms with Crippen LogP contribution in [0.2, 0.25) is 0 Å². The minimum Gasteiger partial charge on any atom is -0.481 e. The maximum atomic E-state index is 11.7. The van der Waals surface area contributed by atoms with Crippen LogP contribution in [-0.2, 0) is 16.0 Å². The van der Waals surface area contributed by atoms with E-state index in [0.717, 1.165) is 21.5 Å². The van der Waals surface area contributed by atoms with Crippen molar-refractivity contribution in [1.29, 1.82) is 0 Å². The number of nitrogens with zero attached hydrogens (tertiary/aromatic N) is 1. The van der Waals surface area contributed by atoms with Crippen molar-refractivity contribution in [2.45, 2.75) is 19.3 Å². The van der Waals surface area contributed by atoms with Gasteiger partial charge in [-0.25, -0.2) is 0 Å². The van der Waals surface area contributed by atoms with Gasteiger partial charge in [-0.2, -0.15) is 5.06 Å². The van der Waals surface area contributed by atoms with Gasteiger partial charge < -0.3 is 20.0 Å². The number of esters is 1. The second kappa shape index (κ2) is 7.06. The summed E-state index contributed by atoms with van der Waals surface area (Å²) in [4.78, 5) is 25.3. The number of H-pyrrole nitrogens is 1. The predicted octanol–water partition coefficient (Wildman–Crippen LogP) is 1.80. The second-order valence-corrected chi connectivity index (χ2v) is 4.99. The molecule has 1 aromatic carbocycles. The van der Waals surface area contributed by atoms with E-state index in [9.17, 15) is 14.8 Å². The first-order valence-electron chi connectivity index (χ1n) is 6.89. The molecule has 1 heterocycles. The number of aliphatic carboxylic acids is 1. The van der Waals surface area contributed by atoms with Crippen molar-refractivity contribution in [3.8, 4) is 5.75 Å². The Morgan fingerprint density at radius 1 is 1.32 bits per heavy atom. The highest BCUT2D eigenvalue weighted by atomic mass is 16.5. The number of carboxylic acids is 1. The van der Waals surface area contributed by atoms with Gasteiger partial charge in [0, 0.05) is 30.7 Å². The normalized spacial score (nSPS) is 11.0. The lowest BCUT2D eigenvalue weighted by molar-refractivity contribution is -0.142. The summed E-state index contributed by atoms with van der Waals surface area (Å²) in [7, 11) is 1.56. The Labute approximate surface area is 127 Å². The van der Waals surface area contributed by atoms with E-state index >= 15 is 0 Å². The number of carbonyl (C=O) groups is 2. The van der Waals surface area contributed by atoms with Crippen LogP contribution in [-0.4, -0.2) is 45.9 Å². The molecule has 0 bridgehead atoms. The Balaban J connectivity index is 2.19. The third-order valence-corrected chi connectivity index (χ3v) is 3.22. The van der Waals surface area contributed by atoms with Crippen molar-refractivity contribution in [3.63, 3.8) is 0 Å². The second-order valence-electron chi connectivity index (χ2n) is 4.99. The molecule has 0 saturated carbocycles. The number of fused-ring (bicyclic) bond motifs is 1. The number of hydrogen-bond acceptors (Lipinski definition) is 5. The first kappa shape index (κ1) is 16.0. The fourth-order valence-corrected chi connectivity index (χ4v) is 2.17. The van der Waals surface area contributed by atoms with E-state index in [0.29, 0.717) is 18.7 Å². The van der Waals surface area contributed by atoms with E-state index in [1.54, 1.807) is 19.2 Å². The number of carbonyl (C=O) groups excluding carboxylic acids is 1. The SMILES string of the molecule is CN(O)CCc1c[nH]c2cccc(OC(=O)CCC(=O)O)c12. The van der Waals surface area contributed by atoms with Gasteiger partial charge in [0.25, 0.3) is 0 Å². The highest BCUT2D eigenvalue weighted by molar-refractivity contribution is 5.91. The van der Waals surface area contributed by atoms with Crippen LogP contribution in [0.3, 0.4) is 0 Å². The predicted molar refractivity (Wildman–Crippen MR) is 78.9 cm³/mol. The van der Waals surface area contributed by atoms with Crippen molar-refractivity contribution in [3.05, 3.63) is 30.0 Å². The molecular weight excluding hydrogens is 288 g/mol. The van der Waals surface area contributed by atoms with Crippen LogP contribution in [0.25, 0.3) is 10.9 Å². The average molecular weight is 306 g/mol. The first-order valence-corrected chi connectivity index (χ1v) is 6.89. The van der Waals surface area contributed by atoms with Gasteiger partial charge in [-0.1, -0.05) is 6.07 Å². The topological polar surface area (TPSA) is 103 Å². The van der Waals surface area contributed by atoms with Crippen molar-refractivity contribution < 1.29 is 24.6 Å². The summed E-state index contributed by atoms with van der Waals surface area (Å²) < 4.78 is 5.29. The number of carboxylic acid groups (broad SMARTS) is 1. The largest absolute Gasteiger partial charge is 0.481 e. The number of hydrogen-bond donors (Lipinski definition) is 3. The number of ether oxygens (including phenoxy) is 1. The Hall–Kier alpha value is -2.38. The molecule has 3 N–H and O–H groups in total. The van der Waals surface area contributed by atoms with Crippen LogP contribution in [0.4, 0.5) is 0 Å². The van der Waals surface area contributed by atoms with Gasteiger partial charge in [-0.3, -0.25) is 9.59 Å². The van der Waals surface area contributed by atoms with Crippen LogP contribution in [0.15, 0.2) is 24.4 Å². The molecule has 0 unspecified atom stereocenters. The van der Waals surface area contributed by atoms with Gasteiger partial charge in [0.05, 0.1) is 12.8 Å². The Bertz CT molecular complexity index is 678. The molecule has 7 heteroatoms. The van der Waals surface area contributed by atoms with E-state index < -0.39 is 11.9 Å². The molecule has 1 aromatic heterocycles. The third-order valence-electron chi connectivity index (χ3n) is 3.22. The standard InChI is InChI=1S/C15H18N2O5/c1-17(21)8-7-10-9-16-11-3-2-4-12(15(10)11)22-14(20)6-5-13(18)19/h2-4,9,16,21H,5-8H2,1H3,(H,18,19). The molecule has 2 rings (SSSR count). The highest BCUT2D eigenvalue weighted by Gasteiger charge is 2.14. The molecule has 0 fully saturated rings. The zero-order chi connectivity index (χ0) is 16.1. The van der Waals surface area contributed by atoms with Crippen molar-refractivity contribution in [1.82, 2.24) is 10.0 Å². The average Bonchev–Trinajstić information content (AvgIpc) is 2.87. The lowest BCUT2D eigenvalue weighted by Gasteiger charge is -2.09. The number of likely N-dealkylation sites (N-methyl/N-ethyl adjacent to an activating group) is 1. The smallest absolute Gasteiger partial charge is 0.311 e. The minimum absolute atomic E-state index is 0.176. The van der Waals surface area contributed by atoms with E-state index in [4.69, 9.17) is 9.84 Å². The summed E-state index contributed by atoms with van der Waals surface area (Å²) >= 11 is 0. The molecule has 0 spiro atoms.